The molecule has 0 atom stereocenters. The van der Waals surface area contributed by atoms with Crippen LogP contribution in [0.1, 0.15) is 48.7 Å². The quantitative estimate of drug-likeness (QED) is 0.925. The SMILES string of the molecule is CCC(C)(C)N(C)C(=O)c1cc(C)c(C)c(S(N)(=O)=O)c1. The van der Waals surface area contributed by atoms with Gasteiger partial charge >= 0.3 is 0 Å². The van der Waals surface area contributed by atoms with Crippen LogP contribution in [-0.2, 0) is 10.0 Å². The average molecular weight is 312 g/mol. The number of hydrogen-bond acceptors (Lipinski definition) is 3. The Bertz CT molecular complexity index is 664. The molecule has 1 aromatic rings. The van der Waals surface area contributed by atoms with Crippen molar-refractivity contribution in [3.05, 3.63) is 28.8 Å². The summed E-state index contributed by atoms with van der Waals surface area (Å²) in [6.45, 7) is 9.38. The van der Waals surface area contributed by atoms with E-state index in [1.165, 1.54) is 6.07 Å². The zero-order chi connectivity index (χ0) is 16.6. The number of primary sulfonamides is 1. The summed E-state index contributed by atoms with van der Waals surface area (Å²) in [7, 11) is -2.13. The molecule has 1 rings (SSSR count). The van der Waals surface area contributed by atoms with Gasteiger partial charge in [-0.1, -0.05) is 6.92 Å². The first-order valence-corrected chi connectivity index (χ1v) is 8.38. The molecule has 118 valence electrons. The van der Waals surface area contributed by atoms with Gasteiger partial charge in [-0.3, -0.25) is 4.79 Å². The lowest BCUT2D eigenvalue weighted by Gasteiger charge is -2.35. The molecule has 6 heteroatoms. The van der Waals surface area contributed by atoms with Crippen LogP contribution in [0.5, 0.6) is 0 Å². The number of sulfonamides is 1. The Morgan fingerprint density at radius 3 is 2.24 bits per heavy atom. The molecule has 0 aliphatic carbocycles. The molecule has 0 unspecified atom stereocenters. The van der Waals surface area contributed by atoms with Gasteiger partial charge in [0.2, 0.25) is 10.0 Å². The maximum absolute atomic E-state index is 12.6. The number of rotatable bonds is 4. The minimum atomic E-state index is -3.85. The molecule has 2 N–H and O–H groups in total. The Morgan fingerprint density at radius 1 is 1.29 bits per heavy atom. The van der Waals surface area contributed by atoms with Gasteiger partial charge in [0.05, 0.1) is 4.90 Å². The predicted octanol–water partition coefficient (Wildman–Crippen LogP) is 2.21. The third kappa shape index (κ3) is 3.63. The monoisotopic (exact) mass is 312 g/mol. The van der Waals surface area contributed by atoms with Crippen LogP contribution in [0.4, 0.5) is 0 Å². The number of carbonyl (C=O) groups excluding carboxylic acids is 1. The second-order valence-corrected chi connectivity index (χ2v) is 7.52. The average Bonchev–Trinajstić information content (AvgIpc) is 2.38. The summed E-state index contributed by atoms with van der Waals surface area (Å²) in [5.41, 5.74) is 1.34. The van der Waals surface area contributed by atoms with E-state index in [0.29, 0.717) is 11.1 Å². The fourth-order valence-electron chi connectivity index (χ4n) is 1.95. The van der Waals surface area contributed by atoms with E-state index in [1.54, 1.807) is 31.9 Å². The van der Waals surface area contributed by atoms with Crippen LogP contribution >= 0.6 is 0 Å². The van der Waals surface area contributed by atoms with Crippen LogP contribution in [0.25, 0.3) is 0 Å². The lowest BCUT2D eigenvalue weighted by atomic mass is 9.98. The fourth-order valence-corrected chi connectivity index (χ4v) is 2.83. The Hall–Kier alpha value is -1.40. The van der Waals surface area contributed by atoms with Crippen LogP contribution < -0.4 is 5.14 Å². The number of amides is 1. The molecule has 0 aliphatic heterocycles. The smallest absolute Gasteiger partial charge is 0.254 e. The Kier molecular flexibility index (Phi) is 4.85. The molecule has 0 saturated heterocycles. The number of aryl methyl sites for hydroxylation is 1. The first-order chi connectivity index (χ1) is 9.41. The van der Waals surface area contributed by atoms with Gasteiger partial charge in [-0.25, -0.2) is 13.6 Å². The molecule has 5 nitrogen and oxygen atoms in total. The minimum Gasteiger partial charge on any atom is -0.337 e. The zero-order valence-electron chi connectivity index (χ0n) is 13.5. The molecule has 0 radical (unpaired) electrons. The number of benzene rings is 1. The molecule has 0 fully saturated rings. The van der Waals surface area contributed by atoms with Crippen molar-refractivity contribution in [3.8, 4) is 0 Å². The van der Waals surface area contributed by atoms with E-state index < -0.39 is 10.0 Å². The molecule has 1 amide bonds. The van der Waals surface area contributed by atoms with Crippen molar-refractivity contribution >= 4 is 15.9 Å². The zero-order valence-corrected chi connectivity index (χ0v) is 14.3. The summed E-state index contributed by atoms with van der Waals surface area (Å²) >= 11 is 0. The third-order valence-electron chi connectivity index (χ3n) is 4.25. The molecular formula is C15H24N2O3S. The van der Waals surface area contributed by atoms with E-state index in [-0.39, 0.29) is 16.3 Å². The predicted molar refractivity (Wildman–Crippen MR) is 83.8 cm³/mol. The van der Waals surface area contributed by atoms with Gasteiger partial charge in [0.1, 0.15) is 0 Å². The molecule has 0 spiro atoms. The highest BCUT2D eigenvalue weighted by Gasteiger charge is 2.27. The Balaban J connectivity index is 3.40. The van der Waals surface area contributed by atoms with Crippen molar-refractivity contribution in [1.29, 1.82) is 0 Å². The summed E-state index contributed by atoms with van der Waals surface area (Å²) in [6, 6.07) is 3.07. The Morgan fingerprint density at radius 2 is 1.81 bits per heavy atom. The van der Waals surface area contributed by atoms with Crippen LogP contribution in [-0.4, -0.2) is 31.8 Å². The standard InChI is InChI=1S/C15H24N2O3S/c1-7-15(4,5)17(6)14(18)12-8-10(2)11(3)13(9-12)21(16,19)20/h8-9H,7H2,1-6H3,(H2,16,19,20). The summed E-state index contributed by atoms with van der Waals surface area (Å²) in [4.78, 5) is 14.2. The van der Waals surface area contributed by atoms with Crippen LogP contribution in [0.2, 0.25) is 0 Å². The van der Waals surface area contributed by atoms with E-state index in [2.05, 4.69) is 0 Å². The summed E-state index contributed by atoms with van der Waals surface area (Å²) in [6.07, 6.45) is 0.794. The molecule has 0 aromatic heterocycles. The van der Waals surface area contributed by atoms with Gasteiger partial charge in [0.15, 0.2) is 0 Å². The van der Waals surface area contributed by atoms with Crippen molar-refractivity contribution in [1.82, 2.24) is 4.90 Å². The van der Waals surface area contributed by atoms with E-state index in [9.17, 15) is 13.2 Å². The maximum Gasteiger partial charge on any atom is 0.254 e. The van der Waals surface area contributed by atoms with Crippen molar-refractivity contribution in [2.24, 2.45) is 5.14 Å². The van der Waals surface area contributed by atoms with Crippen LogP contribution in [0.3, 0.4) is 0 Å². The first kappa shape index (κ1) is 17.7. The minimum absolute atomic E-state index is 0.00792. The molecule has 0 saturated carbocycles. The van der Waals surface area contributed by atoms with E-state index in [4.69, 9.17) is 5.14 Å². The third-order valence-corrected chi connectivity index (χ3v) is 5.29. The van der Waals surface area contributed by atoms with Crippen molar-refractivity contribution in [3.63, 3.8) is 0 Å². The van der Waals surface area contributed by atoms with E-state index in [1.807, 2.05) is 20.8 Å². The number of carbonyl (C=O) groups is 1. The maximum atomic E-state index is 12.6. The fraction of sp³-hybridized carbons (Fsp3) is 0.533. The number of nitrogens with zero attached hydrogens (tertiary/aromatic N) is 1. The van der Waals surface area contributed by atoms with Crippen molar-refractivity contribution in [2.75, 3.05) is 7.05 Å². The Labute approximate surface area is 127 Å². The van der Waals surface area contributed by atoms with E-state index >= 15 is 0 Å². The van der Waals surface area contributed by atoms with Gasteiger partial charge in [-0.15, -0.1) is 0 Å². The van der Waals surface area contributed by atoms with E-state index in [0.717, 1.165) is 12.0 Å². The number of nitrogens with two attached hydrogens (primary N) is 1. The highest BCUT2D eigenvalue weighted by molar-refractivity contribution is 7.89. The molecular weight excluding hydrogens is 288 g/mol. The largest absolute Gasteiger partial charge is 0.337 e. The van der Waals surface area contributed by atoms with Gasteiger partial charge in [0, 0.05) is 18.2 Å². The normalized spacial score (nSPS) is 12.3. The highest BCUT2D eigenvalue weighted by Crippen LogP contribution is 2.24. The lowest BCUT2D eigenvalue weighted by molar-refractivity contribution is 0.0620. The van der Waals surface area contributed by atoms with Crippen molar-refractivity contribution < 1.29 is 13.2 Å². The molecule has 21 heavy (non-hydrogen) atoms. The first-order valence-electron chi connectivity index (χ1n) is 6.84. The topological polar surface area (TPSA) is 80.5 Å². The lowest BCUT2D eigenvalue weighted by Crippen LogP contribution is -2.44. The van der Waals surface area contributed by atoms with Gasteiger partial charge < -0.3 is 4.90 Å². The van der Waals surface area contributed by atoms with Crippen LogP contribution in [0.15, 0.2) is 17.0 Å². The second-order valence-electron chi connectivity index (χ2n) is 5.99. The molecule has 1 aromatic carbocycles. The summed E-state index contributed by atoms with van der Waals surface area (Å²) in [5, 5.41) is 5.23. The summed E-state index contributed by atoms with van der Waals surface area (Å²) < 4.78 is 23.3. The second kappa shape index (κ2) is 5.77. The molecule has 0 bridgehead atoms. The summed E-state index contributed by atoms with van der Waals surface area (Å²) in [5.74, 6) is -0.213. The number of hydrogen-bond donors (Lipinski definition) is 1. The highest BCUT2D eigenvalue weighted by atomic mass is 32.2. The van der Waals surface area contributed by atoms with Gasteiger partial charge in [-0.05, 0) is 57.4 Å². The molecule has 0 aliphatic rings. The van der Waals surface area contributed by atoms with Gasteiger partial charge in [-0.2, -0.15) is 0 Å². The van der Waals surface area contributed by atoms with Gasteiger partial charge in [0.25, 0.3) is 5.91 Å². The molecule has 0 heterocycles. The van der Waals surface area contributed by atoms with Crippen molar-refractivity contribution in [2.45, 2.75) is 51.5 Å². The van der Waals surface area contributed by atoms with Crippen LogP contribution in [0, 0.1) is 13.8 Å².